The van der Waals surface area contributed by atoms with Crippen LogP contribution in [0.15, 0.2) is 36.0 Å². The van der Waals surface area contributed by atoms with Gasteiger partial charge in [-0.25, -0.2) is 4.79 Å². The highest BCUT2D eigenvalue weighted by Gasteiger charge is 2.22. The summed E-state index contributed by atoms with van der Waals surface area (Å²) in [4.78, 5) is 11.6. The van der Waals surface area contributed by atoms with E-state index in [2.05, 4.69) is 17.6 Å². The van der Waals surface area contributed by atoms with Crippen LogP contribution in [0.3, 0.4) is 0 Å². The Hall–Kier alpha value is -1.97. The van der Waals surface area contributed by atoms with Crippen molar-refractivity contribution < 1.29 is 9.53 Å². The zero-order chi connectivity index (χ0) is 14.4. The molecule has 1 saturated carbocycles. The van der Waals surface area contributed by atoms with Crippen molar-refractivity contribution in [3.8, 4) is 5.75 Å². The second kappa shape index (κ2) is 6.98. The van der Waals surface area contributed by atoms with Crippen molar-refractivity contribution in [3.05, 3.63) is 41.6 Å². The molecule has 2 rings (SSSR count). The largest absolute Gasteiger partial charge is 0.497 e. The molecule has 1 aromatic rings. The maximum absolute atomic E-state index is 11.6. The van der Waals surface area contributed by atoms with Gasteiger partial charge in [0.2, 0.25) is 0 Å². The van der Waals surface area contributed by atoms with Gasteiger partial charge in [0.1, 0.15) is 5.75 Å². The molecule has 0 aliphatic heterocycles. The van der Waals surface area contributed by atoms with E-state index in [0.29, 0.717) is 12.5 Å². The van der Waals surface area contributed by atoms with Crippen LogP contribution in [0, 0.1) is 5.92 Å². The van der Waals surface area contributed by atoms with E-state index < -0.39 is 0 Å². The number of carbonyl (C=O) groups is 1. The molecule has 1 aromatic carbocycles. The maximum Gasteiger partial charge on any atom is 0.318 e. The summed E-state index contributed by atoms with van der Waals surface area (Å²) in [5.74, 6) is 1.53. The molecule has 1 fully saturated rings. The molecule has 20 heavy (non-hydrogen) atoms. The number of carbonyl (C=O) groups excluding carboxylic acids is 1. The number of hydrogen-bond acceptors (Lipinski definition) is 2. The van der Waals surface area contributed by atoms with Crippen LogP contribution < -0.4 is 15.4 Å². The monoisotopic (exact) mass is 274 g/mol. The third-order valence-corrected chi connectivity index (χ3v) is 3.49. The van der Waals surface area contributed by atoms with Crippen molar-refractivity contribution in [2.45, 2.75) is 26.2 Å². The lowest BCUT2D eigenvalue weighted by Crippen LogP contribution is -2.33. The number of rotatable bonds is 6. The minimum atomic E-state index is -0.145. The second-order valence-corrected chi connectivity index (χ2v) is 5.16. The average molecular weight is 274 g/mol. The summed E-state index contributed by atoms with van der Waals surface area (Å²) in [5, 5.41) is 5.62. The van der Waals surface area contributed by atoms with Crippen LogP contribution in [0.25, 0.3) is 0 Å². The Balaban J connectivity index is 1.69. The first-order valence-corrected chi connectivity index (χ1v) is 7.03. The number of urea groups is 1. The van der Waals surface area contributed by atoms with Gasteiger partial charge < -0.3 is 15.4 Å². The highest BCUT2D eigenvalue weighted by atomic mass is 16.5. The predicted octanol–water partition coefficient (Wildman–Crippen LogP) is 2.85. The molecule has 1 aliphatic rings. The molecule has 0 spiro atoms. The van der Waals surface area contributed by atoms with Crippen molar-refractivity contribution in [1.82, 2.24) is 10.6 Å². The predicted molar refractivity (Wildman–Crippen MR) is 79.7 cm³/mol. The Bertz CT molecular complexity index is 493. The molecule has 0 unspecified atom stereocenters. The normalized spacial score (nSPS) is 14.8. The van der Waals surface area contributed by atoms with Crippen molar-refractivity contribution in [2.75, 3.05) is 13.7 Å². The van der Waals surface area contributed by atoms with Crippen LogP contribution in [0.2, 0.25) is 0 Å². The van der Waals surface area contributed by atoms with Crippen LogP contribution in [-0.2, 0) is 6.42 Å². The molecular weight excluding hydrogens is 252 g/mol. The number of ether oxygens (including phenoxy) is 1. The zero-order valence-electron chi connectivity index (χ0n) is 12.1. The summed E-state index contributed by atoms with van der Waals surface area (Å²) in [6.07, 6.45) is 5.11. The summed E-state index contributed by atoms with van der Waals surface area (Å²) >= 11 is 0. The van der Waals surface area contributed by atoms with E-state index in [9.17, 15) is 4.79 Å². The summed E-state index contributed by atoms with van der Waals surface area (Å²) < 4.78 is 5.17. The van der Waals surface area contributed by atoms with Crippen LogP contribution in [-0.4, -0.2) is 19.7 Å². The lowest BCUT2D eigenvalue weighted by molar-refractivity contribution is 0.244. The Morgan fingerprint density at radius 1 is 1.45 bits per heavy atom. The van der Waals surface area contributed by atoms with E-state index in [1.165, 1.54) is 18.4 Å². The van der Waals surface area contributed by atoms with Gasteiger partial charge in [-0.15, -0.1) is 0 Å². The number of allylic oxidation sites excluding steroid dienone is 1. The van der Waals surface area contributed by atoms with Gasteiger partial charge >= 0.3 is 6.03 Å². The van der Waals surface area contributed by atoms with E-state index >= 15 is 0 Å². The maximum atomic E-state index is 11.6. The van der Waals surface area contributed by atoms with Gasteiger partial charge in [-0.05, 0) is 49.8 Å². The van der Waals surface area contributed by atoms with Crippen LogP contribution >= 0.6 is 0 Å². The minimum Gasteiger partial charge on any atom is -0.497 e. The van der Waals surface area contributed by atoms with Crippen molar-refractivity contribution in [1.29, 1.82) is 0 Å². The molecule has 0 aromatic heterocycles. The second-order valence-electron chi connectivity index (χ2n) is 5.16. The fourth-order valence-electron chi connectivity index (χ4n) is 2.04. The van der Waals surface area contributed by atoms with Crippen LogP contribution in [0.5, 0.6) is 5.75 Å². The van der Waals surface area contributed by atoms with Gasteiger partial charge in [0.05, 0.1) is 7.11 Å². The van der Waals surface area contributed by atoms with Gasteiger partial charge in [0.25, 0.3) is 0 Å². The molecule has 0 atom stereocenters. The molecule has 2 N–H and O–H groups in total. The summed E-state index contributed by atoms with van der Waals surface area (Å²) in [6, 6.07) is 7.73. The molecule has 2 amide bonds. The van der Waals surface area contributed by atoms with Crippen molar-refractivity contribution >= 4 is 6.03 Å². The van der Waals surface area contributed by atoms with E-state index in [-0.39, 0.29) is 6.03 Å². The smallest absolute Gasteiger partial charge is 0.318 e. The Morgan fingerprint density at radius 2 is 2.25 bits per heavy atom. The van der Waals surface area contributed by atoms with E-state index in [0.717, 1.165) is 17.7 Å². The first-order chi connectivity index (χ1) is 9.69. The standard InChI is InChI=1S/C16H22N2O2/c1-12(14-6-7-14)11-18-16(19)17-9-8-13-4-3-5-15(10-13)20-2/h3-5,10-11,14H,6-9H2,1-2H3,(H2,17,18,19)/b12-11+. The summed E-state index contributed by atoms with van der Waals surface area (Å²) in [5.41, 5.74) is 2.40. The SMILES string of the molecule is COc1cccc(CCNC(=O)N/C=C(\C)C2CC2)c1. The molecule has 4 nitrogen and oxygen atoms in total. The third kappa shape index (κ3) is 4.61. The van der Waals surface area contributed by atoms with Gasteiger partial charge in [0, 0.05) is 12.7 Å². The van der Waals surface area contributed by atoms with E-state index in [1.807, 2.05) is 30.5 Å². The molecule has 0 saturated heterocycles. The van der Waals surface area contributed by atoms with Gasteiger partial charge in [0.15, 0.2) is 0 Å². The first-order valence-electron chi connectivity index (χ1n) is 7.03. The van der Waals surface area contributed by atoms with E-state index in [4.69, 9.17) is 4.74 Å². The number of nitrogens with one attached hydrogen (secondary N) is 2. The highest BCUT2D eigenvalue weighted by Crippen LogP contribution is 2.35. The molecular formula is C16H22N2O2. The summed E-state index contributed by atoms with van der Waals surface area (Å²) in [6.45, 7) is 2.67. The number of benzene rings is 1. The molecule has 0 bridgehead atoms. The fourth-order valence-corrected chi connectivity index (χ4v) is 2.04. The fraction of sp³-hybridized carbons (Fsp3) is 0.438. The Labute approximate surface area is 120 Å². The molecule has 108 valence electrons. The van der Waals surface area contributed by atoms with Crippen LogP contribution in [0.4, 0.5) is 4.79 Å². The van der Waals surface area contributed by atoms with Crippen LogP contribution in [0.1, 0.15) is 25.3 Å². The molecule has 0 radical (unpaired) electrons. The van der Waals surface area contributed by atoms with Crippen molar-refractivity contribution in [3.63, 3.8) is 0 Å². The molecule has 0 heterocycles. The lowest BCUT2D eigenvalue weighted by Gasteiger charge is -2.07. The van der Waals surface area contributed by atoms with Crippen molar-refractivity contribution in [2.24, 2.45) is 5.92 Å². The van der Waals surface area contributed by atoms with Gasteiger partial charge in [-0.2, -0.15) is 0 Å². The van der Waals surface area contributed by atoms with Gasteiger partial charge in [-0.1, -0.05) is 17.7 Å². The molecule has 4 heteroatoms. The highest BCUT2D eigenvalue weighted by molar-refractivity contribution is 5.74. The zero-order valence-corrected chi connectivity index (χ0v) is 12.1. The average Bonchev–Trinajstić information content (AvgIpc) is 3.29. The first kappa shape index (κ1) is 14.4. The Morgan fingerprint density at radius 3 is 2.95 bits per heavy atom. The quantitative estimate of drug-likeness (QED) is 0.838. The number of amides is 2. The number of hydrogen-bond donors (Lipinski definition) is 2. The Kier molecular flexibility index (Phi) is 5.04. The topological polar surface area (TPSA) is 50.4 Å². The number of methoxy groups -OCH3 is 1. The molecule has 1 aliphatic carbocycles. The minimum absolute atomic E-state index is 0.145. The third-order valence-electron chi connectivity index (χ3n) is 3.49. The summed E-state index contributed by atoms with van der Waals surface area (Å²) in [7, 11) is 1.65. The lowest BCUT2D eigenvalue weighted by atomic mass is 10.1. The van der Waals surface area contributed by atoms with Gasteiger partial charge in [-0.3, -0.25) is 0 Å². The van der Waals surface area contributed by atoms with E-state index in [1.54, 1.807) is 7.11 Å².